The van der Waals surface area contributed by atoms with E-state index in [1.807, 2.05) is 19.1 Å². The average molecular weight is 261 g/mol. The van der Waals surface area contributed by atoms with Crippen molar-refractivity contribution in [2.45, 2.75) is 32.0 Å². The zero-order chi connectivity index (χ0) is 13.8. The van der Waals surface area contributed by atoms with Gasteiger partial charge in [-0.3, -0.25) is 5.32 Å². The highest BCUT2D eigenvalue weighted by Crippen LogP contribution is 2.23. The first kappa shape index (κ1) is 15.0. The summed E-state index contributed by atoms with van der Waals surface area (Å²) in [6.45, 7) is 2.04. The van der Waals surface area contributed by atoms with E-state index in [2.05, 4.69) is 5.32 Å². The van der Waals surface area contributed by atoms with Gasteiger partial charge in [-0.05, 0) is 24.5 Å². The van der Waals surface area contributed by atoms with E-state index in [0.29, 0.717) is 5.56 Å². The second-order valence-corrected chi connectivity index (χ2v) is 4.51. The van der Waals surface area contributed by atoms with Crippen LogP contribution >= 0.6 is 0 Å². The second-order valence-electron chi connectivity index (χ2n) is 4.51. The van der Waals surface area contributed by atoms with Crippen LogP contribution in [0.5, 0.6) is 0 Å². The molecule has 2 N–H and O–H groups in total. The number of halogens is 3. The van der Waals surface area contributed by atoms with Gasteiger partial charge in [0.1, 0.15) is 0 Å². The highest BCUT2D eigenvalue weighted by Gasteiger charge is 2.33. The van der Waals surface area contributed by atoms with E-state index in [-0.39, 0.29) is 0 Å². The molecular weight excluding hydrogens is 243 g/mol. The lowest BCUT2D eigenvalue weighted by Crippen LogP contribution is -2.47. The van der Waals surface area contributed by atoms with Gasteiger partial charge in [-0.2, -0.15) is 13.2 Å². The summed E-state index contributed by atoms with van der Waals surface area (Å²) in [5, 5.41) is 11.7. The SMILES string of the molecule is CCc1ccc(C(C)(CO)NCC(F)(F)F)cc1. The van der Waals surface area contributed by atoms with Crippen LogP contribution in [0.15, 0.2) is 24.3 Å². The third-order valence-electron chi connectivity index (χ3n) is 2.99. The molecule has 18 heavy (non-hydrogen) atoms. The van der Waals surface area contributed by atoms with Crippen LogP contribution in [0.25, 0.3) is 0 Å². The monoisotopic (exact) mass is 261 g/mol. The van der Waals surface area contributed by atoms with Crippen molar-refractivity contribution in [3.05, 3.63) is 35.4 Å². The van der Waals surface area contributed by atoms with Crippen LogP contribution in [0.3, 0.4) is 0 Å². The van der Waals surface area contributed by atoms with Gasteiger partial charge >= 0.3 is 6.18 Å². The fraction of sp³-hybridized carbons (Fsp3) is 0.538. The summed E-state index contributed by atoms with van der Waals surface area (Å²) in [5.41, 5.74) is 0.670. The number of rotatable bonds is 5. The van der Waals surface area contributed by atoms with E-state index in [4.69, 9.17) is 0 Å². The van der Waals surface area contributed by atoms with Crippen LogP contribution in [0.1, 0.15) is 25.0 Å². The average Bonchev–Trinajstić information content (AvgIpc) is 2.35. The molecule has 0 aliphatic carbocycles. The number of aryl methyl sites for hydroxylation is 1. The molecule has 102 valence electrons. The molecule has 0 aliphatic rings. The Morgan fingerprint density at radius 3 is 2.11 bits per heavy atom. The van der Waals surface area contributed by atoms with Gasteiger partial charge in [0, 0.05) is 0 Å². The lowest BCUT2D eigenvalue weighted by Gasteiger charge is -2.30. The van der Waals surface area contributed by atoms with Crippen LogP contribution in [-0.2, 0) is 12.0 Å². The lowest BCUT2D eigenvalue weighted by atomic mass is 9.92. The normalized spacial score (nSPS) is 15.4. The molecule has 0 saturated heterocycles. The highest BCUT2D eigenvalue weighted by atomic mass is 19.4. The summed E-state index contributed by atoms with van der Waals surface area (Å²) in [6.07, 6.45) is -3.42. The Kier molecular flexibility index (Phi) is 4.76. The Morgan fingerprint density at radius 2 is 1.72 bits per heavy atom. The van der Waals surface area contributed by atoms with Crippen LogP contribution in [0, 0.1) is 0 Å². The number of nitrogens with one attached hydrogen (secondary N) is 1. The Morgan fingerprint density at radius 1 is 1.17 bits per heavy atom. The molecule has 0 radical (unpaired) electrons. The van der Waals surface area contributed by atoms with Gasteiger partial charge in [0.25, 0.3) is 0 Å². The van der Waals surface area contributed by atoms with Crippen molar-refractivity contribution in [1.82, 2.24) is 5.32 Å². The highest BCUT2D eigenvalue weighted by molar-refractivity contribution is 5.28. The van der Waals surface area contributed by atoms with Crippen LogP contribution in [0.4, 0.5) is 13.2 Å². The van der Waals surface area contributed by atoms with Gasteiger partial charge in [-0.1, -0.05) is 31.2 Å². The molecule has 5 heteroatoms. The molecule has 1 aromatic carbocycles. The van der Waals surface area contributed by atoms with Crippen LogP contribution in [-0.4, -0.2) is 24.4 Å². The van der Waals surface area contributed by atoms with Crippen molar-refractivity contribution in [3.63, 3.8) is 0 Å². The van der Waals surface area contributed by atoms with E-state index in [9.17, 15) is 18.3 Å². The number of aliphatic hydroxyl groups is 1. The predicted molar refractivity (Wildman–Crippen MR) is 64.3 cm³/mol. The van der Waals surface area contributed by atoms with Crippen molar-refractivity contribution in [3.8, 4) is 0 Å². The van der Waals surface area contributed by atoms with Crippen LogP contribution in [0.2, 0.25) is 0 Å². The number of alkyl halides is 3. The summed E-state index contributed by atoms with van der Waals surface area (Å²) in [6, 6.07) is 7.22. The van der Waals surface area contributed by atoms with Crippen molar-refractivity contribution >= 4 is 0 Å². The Labute approximate surface area is 105 Å². The van der Waals surface area contributed by atoms with Crippen molar-refractivity contribution in [1.29, 1.82) is 0 Å². The van der Waals surface area contributed by atoms with E-state index in [1.165, 1.54) is 0 Å². The minimum absolute atomic E-state index is 0.394. The summed E-state index contributed by atoms with van der Waals surface area (Å²) >= 11 is 0. The molecule has 0 saturated carbocycles. The van der Waals surface area contributed by atoms with E-state index in [1.54, 1.807) is 19.1 Å². The maximum atomic E-state index is 12.2. The Balaban J connectivity index is 2.85. The quantitative estimate of drug-likeness (QED) is 0.854. The largest absolute Gasteiger partial charge is 0.401 e. The zero-order valence-corrected chi connectivity index (χ0v) is 10.5. The molecule has 0 heterocycles. The smallest absolute Gasteiger partial charge is 0.394 e. The maximum absolute atomic E-state index is 12.2. The third kappa shape index (κ3) is 3.99. The molecular formula is C13H18F3NO. The van der Waals surface area contributed by atoms with Gasteiger partial charge in [0.05, 0.1) is 18.7 Å². The first-order chi connectivity index (χ1) is 8.30. The summed E-state index contributed by atoms with van der Waals surface area (Å²) < 4.78 is 36.6. The molecule has 0 amide bonds. The number of hydrogen-bond donors (Lipinski definition) is 2. The molecule has 0 aliphatic heterocycles. The first-order valence-electron chi connectivity index (χ1n) is 5.83. The number of aliphatic hydroxyl groups excluding tert-OH is 1. The first-order valence-corrected chi connectivity index (χ1v) is 5.83. The molecule has 1 atom stereocenters. The van der Waals surface area contributed by atoms with Gasteiger partial charge in [0.15, 0.2) is 0 Å². The van der Waals surface area contributed by atoms with Gasteiger partial charge in [-0.25, -0.2) is 0 Å². The van der Waals surface area contributed by atoms with E-state index >= 15 is 0 Å². The minimum Gasteiger partial charge on any atom is -0.394 e. The second kappa shape index (κ2) is 5.71. The topological polar surface area (TPSA) is 32.3 Å². The lowest BCUT2D eigenvalue weighted by molar-refractivity contribution is -0.129. The molecule has 2 nitrogen and oxygen atoms in total. The fourth-order valence-electron chi connectivity index (χ4n) is 1.65. The van der Waals surface area contributed by atoms with Crippen molar-refractivity contribution < 1.29 is 18.3 Å². The molecule has 0 aromatic heterocycles. The molecule has 0 spiro atoms. The summed E-state index contributed by atoms with van der Waals surface area (Å²) in [5.74, 6) is 0. The summed E-state index contributed by atoms with van der Waals surface area (Å²) in [4.78, 5) is 0. The van der Waals surface area contributed by atoms with Gasteiger partial charge in [0.2, 0.25) is 0 Å². The summed E-state index contributed by atoms with van der Waals surface area (Å²) in [7, 11) is 0. The number of hydrogen-bond acceptors (Lipinski definition) is 2. The molecule has 1 unspecified atom stereocenters. The van der Waals surface area contributed by atoms with Crippen molar-refractivity contribution in [2.75, 3.05) is 13.2 Å². The molecule has 0 fully saturated rings. The predicted octanol–water partition coefficient (Wildman–Crippen LogP) is 2.61. The van der Waals surface area contributed by atoms with Crippen molar-refractivity contribution in [2.24, 2.45) is 0 Å². The van der Waals surface area contributed by atoms with Gasteiger partial charge < -0.3 is 5.11 Å². The van der Waals surface area contributed by atoms with E-state index < -0.39 is 24.9 Å². The zero-order valence-electron chi connectivity index (χ0n) is 10.5. The molecule has 1 aromatic rings. The fourth-order valence-corrected chi connectivity index (χ4v) is 1.65. The standard InChI is InChI=1S/C13H18F3NO/c1-3-10-4-6-11(7-5-10)12(2,9-18)17-8-13(14,15)16/h4-7,17-18H,3,8-9H2,1-2H3. The number of benzene rings is 1. The van der Waals surface area contributed by atoms with Gasteiger partial charge in [-0.15, -0.1) is 0 Å². The molecule has 1 rings (SSSR count). The minimum atomic E-state index is -4.29. The third-order valence-corrected chi connectivity index (χ3v) is 2.99. The Bertz CT molecular complexity index is 375. The van der Waals surface area contributed by atoms with Crippen LogP contribution < -0.4 is 5.32 Å². The Hall–Kier alpha value is -1.07. The maximum Gasteiger partial charge on any atom is 0.401 e. The van der Waals surface area contributed by atoms with E-state index in [0.717, 1.165) is 12.0 Å². The molecule has 0 bridgehead atoms.